The van der Waals surface area contributed by atoms with Crippen LogP contribution in [0, 0.1) is 0 Å². The summed E-state index contributed by atoms with van der Waals surface area (Å²) >= 11 is 0. The Morgan fingerprint density at radius 3 is 2.57 bits per heavy atom. The number of fused-ring (bicyclic) bond motifs is 1. The number of aliphatic imine (C=N–C) groups is 1. The predicted molar refractivity (Wildman–Crippen MR) is 114 cm³/mol. The minimum atomic E-state index is 0.0749. The van der Waals surface area contributed by atoms with E-state index in [0.717, 1.165) is 18.2 Å². The second kappa shape index (κ2) is 8.05. The molecule has 1 aliphatic heterocycles. The number of amides is 1. The van der Waals surface area contributed by atoms with Gasteiger partial charge in [-0.05, 0) is 30.0 Å². The van der Waals surface area contributed by atoms with Crippen LogP contribution in [0.5, 0.6) is 0 Å². The highest BCUT2D eigenvalue weighted by Crippen LogP contribution is 2.43. The molecule has 146 valence electrons. The van der Waals surface area contributed by atoms with Gasteiger partial charge in [0.2, 0.25) is 5.91 Å². The maximum absolute atomic E-state index is 12.0. The van der Waals surface area contributed by atoms with Gasteiger partial charge in [-0.2, -0.15) is 0 Å². The summed E-state index contributed by atoms with van der Waals surface area (Å²) in [5, 5.41) is 9.91. The van der Waals surface area contributed by atoms with Crippen LogP contribution in [0.2, 0.25) is 0 Å². The number of nitrogens with zero attached hydrogens (tertiary/aromatic N) is 1. The van der Waals surface area contributed by atoms with Crippen molar-refractivity contribution in [3.8, 4) is 0 Å². The Morgan fingerprint density at radius 2 is 1.86 bits per heavy atom. The minimum Gasteiger partial charge on any atom is -0.356 e. The van der Waals surface area contributed by atoms with E-state index in [9.17, 15) is 4.79 Å². The highest BCUT2D eigenvalue weighted by atomic mass is 16.1. The van der Waals surface area contributed by atoms with Gasteiger partial charge in [0.15, 0.2) is 5.96 Å². The van der Waals surface area contributed by atoms with Crippen molar-refractivity contribution in [2.24, 2.45) is 4.99 Å². The Kier molecular flexibility index (Phi) is 5.33. The van der Waals surface area contributed by atoms with E-state index < -0.39 is 0 Å². The molecule has 0 saturated heterocycles. The van der Waals surface area contributed by atoms with E-state index in [4.69, 9.17) is 0 Å². The number of anilines is 1. The fourth-order valence-corrected chi connectivity index (χ4v) is 4.34. The fraction of sp³-hybridized carbons (Fsp3) is 0.391. The van der Waals surface area contributed by atoms with E-state index in [1.807, 2.05) is 18.2 Å². The van der Waals surface area contributed by atoms with Crippen LogP contribution in [0.3, 0.4) is 0 Å². The van der Waals surface area contributed by atoms with Gasteiger partial charge < -0.3 is 16.0 Å². The van der Waals surface area contributed by atoms with Crippen molar-refractivity contribution in [1.82, 2.24) is 10.6 Å². The zero-order valence-electron chi connectivity index (χ0n) is 16.4. The van der Waals surface area contributed by atoms with E-state index in [1.165, 1.54) is 30.4 Å². The average Bonchev–Trinajstić information content (AvgIpc) is 2.70. The molecular formula is C23H28N4O. The fourth-order valence-electron chi connectivity index (χ4n) is 4.34. The first-order chi connectivity index (χ1) is 13.7. The van der Waals surface area contributed by atoms with Crippen molar-refractivity contribution in [3.63, 3.8) is 0 Å². The Labute approximate surface area is 166 Å². The second-order valence-corrected chi connectivity index (χ2v) is 7.84. The summed E-state index contributed by atoms with van der Waals surface area (Å²) in [7, 11) is 1.80. The minimum absolute atomic E-state index is 0.0749. The molecule has 0 aromatic heterocycles. The molecule has 5 heteroatoms. The Morgan fingerprint density at radius 1 is 1.11 bits per heavy atom. The summed E-state index contributed by atoms with van der Waals surface area (Å²) in [6.07, 6.45) is 4.18. The van der Waals surface area contributed by atoms with Crippen molar-refractivity contribution in [2.75, 3.05) is 25.5 Å². The quantitative estimate of drug-likeness (QED) is 0.553. The van der Waals surface area contributed by atoms with Crippen LogP contribution in [-0.4, -0.2) is 32.0 Å². The van der Waals surface area contributed by atoms with Crippen molar-refractivity contribution in [2.45, 2.75) is 37.0 Å². The predicted octanol–water partition coefficient (Wildman–Crippen LogP) is 3.40. The third-order valence-electron chi connectivity index (χ3n) is 6.14. The molecule has 2 aromatic rings. The SMILES string of the molecule is CN=C(NCC1CC(=O)Nc2ccccc21)NCC1(c2ccccc2)CCC1. The lowest BCUT2D eigenvalue weighted by Gasteiger charge is -2.43. The molecule has 1 fully saturated rings. The summed E-state index contributed by atoms with van der Waals surface area (Å²) in [4.78, 5) is 16.4. The van der Waals surface area contributed by atoms with Crippen LogP contribution in [0.25, 0.3) is 0 Å². The molecule has 0 radical (unpaired) electrons. The lowest BCUT2D eigenvalue weighted by atomic mass is 9.64. The highest BCUT2D eigenvalue weighted by molar-refractivity contribution is 5.94. The Bertz CT molecular complexity index is 858. The monoisotopic (exact) mass is 376 g/mol. The number of benzene rings is 2. The molecule has 3 N–H and O–H groups in total. The number of hydrogen-bond donors (Lipinski definition) is 3. The van der Waals surface area contributed by atoms with Crippen LogP contribution in [0.15, 0.2) is 59.6 Å². The van der Waals surface area contributed by atoms with Crippen molar-refractivity contribution in [3.05, 3.63) is 65.7 Å². The maximum Gasteiger partial charge on any atom is 0.225 e. The van der Waals surface area contributed by atoms with E-state index in [0.29, 0.717) is 13.0 Å². The summed E-state index contributed by atoms with van der Waals surface area (Å²) in [5.41, 5.74) is 3.72. The number of nitrogens with one attached hydrogen (secondary N) is 3. The van der Waals surface area contributed by atoms with Gasteiger partial charge >= 0.3 is 0 Å². The molecule has 0 spiro atoms. The third kappa shape index (κ3) is 3.75. The van der Waals surface area contributed by atoms with Crippen LogP contribution in [0.1, 0.15) is 42.7 Å². The summed E-state index contributed by atoms with van der Waals surface area (Å²) in [5.74, 6) is 1.02. The molecule has 1 aliphatic carbocycles. The van der Waals surface area contributed by atoms with Gasteiger partial charge in [0, 0.05) is 43.6 Å². The zero-order chi connectivity index (χ0) is 19.4. The van der Waals surface area contributed by atoms with Crippen molar-refractivity contribution in [1.29, 1.82) is 0 Å². The van der Waals surface area contributed by atoms with Gasteiger partial charge in [0.1, 0.15) is 0 Å². The van der Waals surface area contributed by atoms with Crippen LogP contribution < -0.4 is 16.0 Å². The van der Waals surface area contributed by atoms with Gasteiger partial charge in [-0.3, -0.25) is 9.79 Å². The van der Waals surface area contributed by atoms with E-state index in [2.05, 4.69) is 57.3 Å². The largest absolute Gasteiger partial charge is 0.356 e. The topological polar surface area (TPSA) is 65.5 Å². The molecule has 1 amide bonds. The smallest absolute Gasteiger partial charge is 0.225 e. The van der Waals surface area contributed by atoms with E-state index in [1.54, 1.807) is 7.05 Å². The van der Waals surface area contributed by atoms with Crippen LogP contribution in [0.4, 0.5) is 5.69 Å². The van der Waals surface area contributed by atoms with Crippen LogP contribution >= 0.6 is 0 Å². The molecule has 0 bridgehead atoms. The molecule has 1 atom stereocenters. The maximum atomic E-state index is 12.0. The molecule has 5 nitrogen and oxygen atoms in total. The molecule has 2 aromatic carbocycles. The third-order valence-corrected chi connectivity index (χ3v) is 6.14. The second-order valence-electron chi connectivity index (χ2n) is 7.84. The number of para-hydroxylation sites is 1. The van der Waals surface area contributed by atoms with Crippen molar-refractivity contribution < 1.29 is 4.79 Å². The number of rotatable bonds is 5. The van der Waals surface area contributed by atoms with E-state index >= 15 is 0 Å². The molecule has 1 unspecified atom stereocenters. The molecule has 1 saturated carbocycles. The summed E-state index contributed by atoms with van der Waals surface area (Å²) in [6, 6.07) is 18.8. The zero-order valence-corrected chi connectivity index (χ0v) is 16.4. The molecule has 28 heavy (non-hydrogen) atoms. The Balaban J connectivity index is 1.38. The van der Waals surface area contributed by atoms with Gasteiger partial charge in [0.05, 0.1) is 0 Å². The van der Waals surface area contributed by atoms with Gasteiger partial charge in [-0.1, -0.05) is 55.0 Å². The first-order valence-electron chi connectivity index (χ1n) is 10.1. The van der Waals surface area contributed by atoms with Gasteiger partial charge in [-0.15, -0.1) is 0 Å². The highest BCUT2D eigenvalue weighted by Gasteiger charge is 2.38. The molecule has 2 aliphatic rings. The standard InChI is InChI=1S/C23H28N4O/c1-24-22(26-16-23(12-7-13-23)18-8-3-2-4-9-18)25-15-17-14-21(28)27-20-11-6-5-10-19(17)20/h2-6,8-11,17H,7,12-16H2,1H3,(H,27,28)(H2,24,25,26). The average molecular weight is 377 g/mol. The lowest BCUT2D eigenvalue weighted by molar-refractivity contribution is -0.116. The summed E-state index contributed by atoms with van der Waals surface area (Å²) in [6.45, 7) is 1.56. The number of carbonyl (C=O) groups is 1. The number of guanidine groups is 1. The lowest BCUT2D eigenvalue weighted by Crippen LogP contribution is -2.49. The Hall–Kier alpha value is -2.82. The first kappa shape index (κ1) is 18.5. The molecular weight excluding hydrogens is 348 g/mol. The molecule has 4 rings (SSSR count). The van der Waals surface area contributed by atoms with Gasteiger partial charge in [-0.25, -0.2) is 0 Å². The van der Waals surface area contributed by atoms with Crippen molar-refractivity contribution >= 4 is 17.6 Å². The van der Waals surface area contributed by atoms with Crippen LogP contribution in [-0.2, 0) is 10.2 Å². The number of carbonyl (C=O) groups excluding carboxylic acids is 1. The number of hydrogen-bond acceptors (Lipinski definition) is 2. The summed E-state index contributed by atoms with van der Waals surface area (Å²) < 4.78 is 0. The first-order valence-corrected chi connectivity index (χ1v) is 10.1. The normalized spacial score (nSPS) is 20.5. The van der Waals surface area contributed by atoms with E-state index in [-0.39, 0.29) is 17.2 Å². The van der Waals surface area contributed by atoms with Gasteiger partial charge in [0.25, 0.3) is 0 Å². The molecule has 1 heterocycles.